The number of carbonyl (C=O) groups excluding carboxylic acids is 1. The van der Waals surface area contributed by atoms with E-state index >= 15 is 0 Å². The SMILES string of the molecule is CC(C)CN(C[C@@H](OP(=O)([O-])[O-])[C@H](Cc1ccccc1)NC(=O)O[C@H]1CCOC1)S(=O)(=O)c1ccc([N+](=O)[O-])cc1.[Ca+2]. The first kappa shape index (κ1) is 36.5. The third kappa shape index (κ3) is 11.5. The Balaban J connectivity index is 0.00000616. The van der Waals surface area contributed by atoms with E-state index in [1.165, 1.54) is 0 Å². The summed E-state index contributed by atoms with van der Waals surface area (Å²) in [6.07, 6.45) is -2.68. The first-order valence-corrected chi connectivity index (χ1v) is 15.7. The number of sulfonamides is 1. The predicted molar refractivity (Wildman–Crippen MR) is 148 cm³/mol. The third-order valence-electron chi connectivity index (χ3n) is 6.11. The fraction of sp³-hybridized carbons (Fsp3) is 0.480. The number of phosphoric acid groups is 1. The summed E-state index contributed by atoms with van der Waals surface area (Å²) in [5, 5.41) is 13.6. The Morgan fingerprint density at radius 2 is 1.79 bits per heavy atom. The van der Waals surface area contributed by atoms with Crippen molar-refractivity contribution in [3.05, 3.63) is 70.3 Å². The minimum absolute atomic E-state index is 0. The van der Waals surface area contributed by atoms with Crippen LogP contribution in [-0.4, -0.2) is 106 Å². The topological polar surface area (TPSA) is 200 Å². The van der Waals surface area contributed by atoms with Gasteiger partial charge in [-0.2, -0.15) is 4.31 Å². The zero-order valence-corrected chi connectivity index (χ0v) is 27.1. The van der Waals surface area contributed by atoms with Gasteiger partial charge in [-0.25, -0.2) is 13.2 Å². The van der Waals surface area contributed by atoms with E-state index in [0.29, 0.717) is 18.6 Å². The van der Waals surface area contributed by atoms with Crippen molar-refractivity contribution in [1.29, 1.82) is 0 Å². The molecule has 1 heterocycles. The minimum atomic E-state index is -5.69. The van der Waals surface area contributed by atoms with Gasteiger partial charge in [0.25, 0.3) is 5.69 Å². The Morgan fingerprint density at radius 1 is 1.14 bits per heavy atom. The average molecular weight is 654 g/mol. The normalized spacial score (nSPS) is 17.0. The monoisotopic (exact) mass is 653 g/mol. The summed E-state index contributed by atoms with van der Waals surface area (Å²) >= 11 is 0. The first-order chi connectivity index (χ1) is 19.2. The van der Waals surface area contributed by atoms with Crippen molar-refractivity contribution in [3.63, 3.8) is 0 Å². The molecule has 0 aromatic heterocycles. The maximum Gasteiger partial charge on any atom is 2.00 e. The summed E-state index contributed by atoms with van der Waals surface area (Å²) in [7, 11) is -10.1. The van der Waals surface area contributed by atoms with E-state index < -0.39 is 53.7 Å². The van der Waals surface area contributed by atoms with Gasteiger partial charge in [0.05, 0.1) is 43.0 Å². The van der Waals surface area contributed by atoms with Gasteiger partial charge in [0.2, 0.25) is 10.0 Å². The van der Waals surface area contributed by atoms with Gasteiger partial charge in [-0.15, -0.1) is 0 Å². The number of amides is 1. The van der Waals surface area contributed by atoms with E-state index in [0.717, 1.165) is 28.6 Å². The van der Waals surface area contributed by atoms with Crippen LogP contribution in [0.1, 0.15) is 25.8 Å². The molecule has 2 aromatic carbocycles. The molecule has 2 aromatic rings. The van der Waals surface area contributed by atoms with Gasteiger partial charge in [0.1, 0.15) is 6.10 Å². The Morgan fingerprint density at radius 3 is 2.31 bits per heavy atom. The average Bonchev–Trinajstić information content (AvgIpc) is 3.40. The number of nitro groups is 1. The largest absolute Gasteiger partial charge is 2.00 e. The summed E-state index contributed by atoms with van der Waals surface area (Å²) in [4.78, 5) is 46.5. The maximum absolute atomic E-state index is 13.6. The van der Waals surface area contributed by atoms with E-state index in [-0.39, 0.29) is 73.8 Å². The zero-order valence-electron chi connectivity index (χ0n) is 23.2. The van der Waals surface area contributed by atoms with Crippen LogP contribution in [0.25, 0.3) is 0 Å². The molecule has 0 bridgehead atoms. The van der Waals surface area contributed by atoms with Crippen molar-refractivity contribution in [2.24, 2.45) is 5.92 Å². The fourth-order valence-corrected chi connectivity index (χ4v) is 6.41. The number of nitrogens with one attached hydrogen (secondary N) is 1. The smallest absolute Gasteiger partial charge is 0.790 e. The fourth-order valence-electron chi connectivity index (χ4n) is 4.25. The van der Waals surface area contributed by atoms with Gasteiger partial charge in [-0.3, -0.25) is 10.1 Å². The van der Waals surface area contributed by atoms with Crippen LogP contribution in [0.2, 0.25) is 0 Å². The second kappa shape index (κ2) is 16.4. The van der Waals surface area contributed by atoms with Crippen LogP contribution >= 0.6 is 7.82 Å². The quantitative estimate of drug-likeness (QED) is 0.133. The Hall–Kier alpha value is -1.65. The number of nitro benzene ring substituents is 1. The van der Waals surface area contributed by atoms with E-state index in [9.17, 15) is 37.7 Å². The van der Waals surface area contributed by atoms with Crippen LogP contribution in [0.15, 0.2) is 59.5 Å². The van der Waals surface area contributed by atoms with E-state index in [1.54, 1.807) is 44.2 Å². The molecule has 1 fully saturated rings. The molecule has 3 rings (SSSR count). The number of phosphoric ester groups is 1. The standard InChI is InChI=1S/C25H34N3O11PS.Ca/c1-18(2)15-27(41(35,36)22-10-8-20(9-11-22)28(30)31)16-24(39-40(32,33)34)23(14-19-6-4-3-5-7-19)26-25(29)38-21-12-13-37-17-21;/h3-11,18,21,23-24H,12-17H2,1-2H3,(H,26,29)(H2,32,33,34);/q;+2/p-2/t21-,23-,24+;/m0./s1. The molecule has 14 nitrogen and oxygen atoms in total. The molecular formula is C25H32CaN3O11PS. The van der Waals surface area contributed by atoms with E-state index in [1.807, 2.05) is 0 Å². The predicted octanol–water partition coefficient (Wildman–Crippen LogP) is 1.20. The molecule has 0 spiro atoms. The zero-order chi connectivity index (χ0) is 30.2. The van der Waals surface area contributed by atoms with E-state index in [4.69, 9.17) is 14.0 Å². The molecule has 1 aliphatic heterocycles. The molecule has 1 amide bonds. The number of hydrogen-bond acceptors (Lipinski definition) is 11. The molecule has 17 heteroatoms. The van der Waals surface area contributed by atoms with Crippen LogP contribution in [-0.2, 0) is 35.0 Å². The number of non-ortho nitro benzene ring substituents is 1. The van der Waals surface area contributed by atoms with Crippen molar-refractivity contribution in [2.75, 3.05) is 26.3 Å². The van der Waals surface area contributed by atoms with E-state index in [2.05, 4.69) is 5.32 Å². The Bertz CT molecular complexity index is 1320. The van der Waals surface area contributed by atoms with Gasteiger partial charge in [-0.05, 0) is 30.0 Å². The van der Waals surface area contributed by atoms with Crippen molar-refractivity contribution in [1.82, 2.24) is 9.62 Å². The summed E-state index contributed by atoms with van der Waals surface area (Å²) in [6.45, 7) is 3.27. The molecule has 3 atom stereocenters. The molecular weight excluding hydrogens is 621 g/mol. The van der Waals surface area contributed by atoms with Gasteiger partial charge in [-0.1, -0.05) is 44.2 Å². The molecule has 1 saturated heterocycles. The number of carbonyl (C=O) groups is 1. The molecule has 1 N–H and O–H groups in total. The Kier molecular flexibility index (Phi) is 14.3. The Labute approximate surface area is 274 Å². The number of ether oxygens (including phenoxy) is 2. The summed E-state index contributed by atoms with van der Waals surface area (Å²) in [6, 6.07) is 11.5. The van der Waals surface area contributed by atoms with Crippen LogP contribution in [0.4, 0.5) is 10.5 Å². The number of benzene rings is 2. The summed E-state index contributed by atoms with van der Waals surface area (Å²) in [5.41, 5.74) is 0.313. The summed E-state index contributed by atoms with van der Waals surface area (Å²) in [5.74, 6) is -0.261. The van der Waals surface area contributed by atoms with Crippen molar-refractivity contribution in [3.8, 4) is 0 Å². The maximum atomic E-state index is 13.6. The van der Waals surface area contributed by atoms with Crippen molar-refractivity contribution >= 4 is 67.4 Å². The molecule has 1 aliphatic rings. The minimum Gasteiger partial charge on any atom is -0.790 e. The number of alkyl carbamates (subject to hydrolysis) is 1. The first-order valence-electron chi connectivity index (χ1n) is 12.8. The van der Waals surface area contributed by atoms with Gasteiger partial charge < -0.3 is 33.7 Å². The van der Waals surface area contributed by atoms with Crippen LogP contribution in [0, 0.1) is 16.0 Å². The van der Waals surface area contributed by atoms with Gasteiger partial charge in [0.15, 0.2) is 0 Å². The molecule has 0 aliphatic carbocycles. The van der Waals surface area contributed by atoms with Crippen LogP contribution < -0.4 is 15.1 Å². The molecule has 0 unspecified atom stereocenters. The summed E-state index contributed by atoms with van der Waals surface area (Å²) < 4.78 is 55.5. The molecule has 226 valence electrons. The third-order valence-corrected chi connectivity index (χ3v) is 8.49. The number of rotatable bonds is 14. The number of hydrogen-bond donors (Lipinski definition) is 1. The molecule has 0 saturated carbocycles. The van der Waals surface area contributed by atoms with Gasteiger partial charge >= 0.3 is 43.8 Å². The van der Waals surface area contributed by atoms with Gasteiger partial charge in [0, 0.05) is 31.6 Å². The number of nitrogens with zero attached hydrogens (tertiary/aromatic N) is 2. The second-order valence-corrected chi connectivity index (χ2v) is 12.9. The second-order valence-electron chi connectivity index (χ2n) is 9.89. The van der Waals surface area contributed by atoms with Crippen LogP contribution in [0.5, 0.6) is 0 Å². The molecule has 42 heavy (non-hydrogen) atoms. The van der Waals surface area contributed by atoms with Crippen molar-refractivity contribution < 1.29 is 46.5 Å². The van der Waals surface area contributed by atoms with Crippen LogP contribution in [0.3, 0.4) is 0 Å². The van der Waals surface area contributed by atoms with Crippen molar-refractivity contribution in [2.45, 2.75) is 49.8 Å². The molecule has 0 radical (unpaired) electrons.